The third-order valence-corrected chi connectivity index (χ3v) is 6.72. The average Bonchev–Trinajstić information content (AvgIpc) is 2.70. The van der Waals surface area contributed by atoms with Crippen molar-refractivity contribution in [2.24, 2.45) is 5.92 Å². The van der Waals surface area contributed by atoms with Crippen LogP contribution in [0, 0.1) is 5.92 Å². The van der Waals surface area contributed by atoms with Crippen LogP contribution in [-0.4, -0.2) is 29.8 Å². The number of benzene rings is 2. The van der Waals surface area contributed by atoms with Gasteiger partial charge in [0.1, 0.15) is 0 Å². The van der Waals surface area contributed by atoms with E-state index in [-0.39, 0.29) is 17.4 Å². The molecule has 0 spiro atoms. The lowest BCUT2D eigenvalue weighted by atomic mass is 9.61. The van der Waals surface area contributed by atoms with Crippen LogP contribution < -0.4 is 5.32 Å². The van der Waals surface area contributed by atoms with E-state index in [9.17, 15) is 9.59 Å². The highest BCUT2D eigenvalue weighted by Gasteiger charge is 2.57. The van der Waals surface area contributed by atoms with Crippen LogP contribution in [0.15, 0.2) is 48.5 Å². The van der Waals surface area contributed by atoms with E-state index in [1.165, 1.54) is 18.4 Å². The van der Waals surface area contributed by atoms with Gasteiger partial charge in [-0.3, -0.25) is 9.59 Å². The van der Waals surface area contributed by atoms with E-state index in [0.29, 0.717) is 23.6 Å². The third kappa shape index (κ3) is 2.43. The Balaban J connectivity index is 1.52. The quantitative estimate of drug-likeness (QED) is 0.891. The number of nitrogens with one attached hydrogen (secondary N) is 1. The number of hydrogen-bond donors (Lipinski definition) is 1. The second kappa shape index (κ2) is 6.22. The summed E-state index contributed by atoms with van der Waals surface area (Å²) in [5.41, 5.74) is 3.40. The molecule has 2 aromatic rings. The van der Waals surface area contributed by atoms with Crippen molar-refractivity contribution >= 4 is 11.8 Å². The van der Waals surface area contributed by atoms with E-state index >= 15 is 0 Å². The first kappa shape index (κ1) is 16.5. The Morgan fingerprint density at radius 2 is 1.96 bits per heavy atom. The van der Waals surface area contributed by atoms with Crippen LogP contribution in [0.2, 0.25) is 0 Å². The second-order valence-electron chi connectivity index (χ2n) is 8.03. The Bertz CT molecular complexity index is 908. The first-order chi connectivity index (χ1) is 13.2. The molecule has 27 heavy (non-hydrogen) atoms. The van der Waals surface area contributed by atoms with E-state index in [1.54, 1.807) is 6.07 Å². The minimum absolute atomic E-state index is 0.0539. The van der Waals surface area contributed by atoms with Crippen LogP contribution in [0.1, 0.15) is 57.5 Å². The highest BCUT2D eigenvalue weighted by atomic mass is 16.2. The van der Waals surface area contributed by atoms with Gasteiger partial charge in [0.2, 0.25) is 0 Å². The zero-order chi connectivity index (χ0) is 18.4. The van der Waals surface area contributed by atoms with Crippen molar-refractivity contribution in [2.45, 2.75) is 37.6 Å². The van der Waals surface area contributed by atoms with E-state index in [2.05, 4.69) is 34.5 Å². The smallest absolute Gasteiger partial charge is 0.254 e. The van der Waals surface area contributed by atoms with Crippen molar-refractivity contribution in [3.05, 3.63) is 70.8 Å². The summed E-state index contributed by atoms with van der Waals surface area (Å²) in [4.78, 5) is 27.7. The normalized spacial score (nSPS) is 26.4. The van der Waals surface area contributed by atoms with Crippen LogP contribution in [0.4, 0.5) is 0 Å². The van der Waals surface area contributed by atoms with Crippen molar-refractivity contribution in [1.82, 2.24) is 10.2 Å². The lowest BCUT2D eigenvalue weighted by Crippen LogP contribution is -2.67. The Hall–Kier alpha value is -2.62. The van der Waals surface area contributed by atoms with Gasteiger partial charge in [0.25, 0.3) is 11.8 Å². The number of amides is 2. The highest BCUT2D eigenvalue weighted by molar-refractivity contribution is 6.01. The molecule has 138 valence electrons. The van der Waals surface area contributed by atoms with E-state index in [4.69, 9.17) is 0 Å². The highest BCUT2D eigenvalue weighted by Crippen LogP contribution is 2.54. The zero-order valence-corrected chi connectivity index (χ0v) is 15.4. The van der Waals surface area contributed by atoms with Crippen LogP contribution in [0.25, 0.3) is 0 Å². The molecule has 1 aliphatic carbocycles. The topological polar surface area (TPSA) is 49.4 Å². The van der Waals surface area contributed by atoms with Crippen molar-refractivity contribution < 1.29 is 9.59 Å². The maximum Gasteiger partial charge on any atom is 0.254 e. The minimum Gasteiger partial charge on any atom is -0.352 e. The summed E-state index contributed by atoms with van der Waals surface area (Å²) in [6.07, 6.45) is 5.45. The van der Waals surface area contributed by atoms with Gasteiger partial charge >= 0.3 is 0 Å². The molecule has 2 aromatic carbocycles. The second-order valence-corrected chi connectivity index (χ2v) is 8.03. The number of likely N-dealkylation sites (tertiary alicyclic amines) is 1. The molecule has 1 saturated heterocycles. The Morgan fingerprint density at radius 1 is 1.11 bits per heavy atom. The summed E-state index contributed by atoms with van der Waals surface area (Å²) in [6.45, 7) is 1.49. The molecule has 4 heteroatoms. The monoisotopic (exact) mass is 360 g/mol. The van der Waals surface area contributed by atoms with E-state index in [1.807, 2.05) is 18.2 Å². The van der Waals surface area contributed by atoms with Gasteiger partial charge in [0.05, 0.1) is 5.54 Å². The molecular weight excluding hydrogens is 336 g/mol. The Kier molecular flexibility index (Phi) is 3.81. The van der Waals surface area contributed by atoms with Gasteiger partial charge in [0, 0.05) is 30.1 Å². The zero-order valence-electron chi connectivity index (χ0n) is 15.4. The molecule has 2 amide bonds. The molecule has 2 heterocycles. The molecular formula is C23H24N2O2. The summed E-state index contributed by atoms with van der Waals surface area (Å²) >= 11 is 0. The van der Waals surface area contributed by atoms with E-state index in [0.717, 1.165) is 31.4 Å². The number of rotatable bonds is 2. The number of hydrogen-bond acceptors (Lipinski definition) is 2. The molecule has 0 radical (unpaired) electrons. The molecule has 0 bridgehead atoms. The van der Waals surface area contributed by atoms with Crippen molar-refractivity contribution in [2.75, 3.05) is 13.1 Å². The maximum atomic E-state index is 13.4. The fraction of sp³-hybridized carbons (Fsp3) is 0.391. The lowest BCUT2D eigenvalue weighted by Gasteiger charge is -2.61. The number of fused-ring (bicyclic) bond motifs is 2. The lowest BCUT2D eigenvalue weighted by molar-refractivity contribution is -0.0869. The largest absolute Gasteiger partial charge is 0.352 e. The molecule has 2 fully saturated rings. The molecule has 0 aromatic heterocycles. The summed E-state index contributed by atoms with van der Waals surface area (Å²) in [5.74, 6) is 0.527. The standard InChI is InChI=1S/C23H24N2O2/c26-21-20-14-17(10-9-16(20)11-13-24-21)22(27)25-15-19-8-4-5-12-23(19,25)18-6-2-1-3-7-18/h1-3,6-7,9-10,14,19H,4-5,8,11-13,15H2,(H,24,26). The number of carbonyl (C=O) groups is 2. The molecule has 2 aliphatic heterocycles. The molecule has 3 aliphatic rings. The van der Waals surface area contributed by atoms with Crippen LogP contribution in [0.3, 0.4) is 0 Å². The van der Waals surface area contributed by atoms with Crippen molar-refractivity contribution in [3.63, 3.8) is 0 Å². The molecule has 2 atom stereocenters. The molecule has 2 unspecified atom stereocenters. The predicted molar refractivity (Wildman–Crippen MR) is 104 cm³/mol. The van der Waals surface area contributed by atoms with Gasteiger partial charge in [0.15, 0.2) is 0 Å². The molecule has 4 nitrogen and oxygen atoms in total. The van der Waals surface area contributed by atoms with Gasteiger partial charge in [-0.25, -0.2) is 0 Å². The summed E-state index contributed by atoms with van der Waals surface area (Å²) < 4.78 is 0. The summed E-state index contributed by atoms with van der Waals surface area (Å²) in [7, 11) is 0. The minimum atomic E-state index is -0.172. The van der Waals surface area contributed by atoms with Gasteiger partial charge in [-0.05, 0) is 42.5 Å². The first-order valence-electron chi connectivity index (χ1n) is 9.99. The fourth-order valence-electron chi connectivity index (χ4n) is 5.32. The van der Waals surface area contributed by atoms with Gasteiger partial charge in [-0.1, -0.05) is 49.2 Å². The van der Waals surface area contributed by atoms with Gasteiger partial charge in [-0.15, -0.1) is 0 Å². The molecule has 1 N–H and O–H groups in total. The Labute approximate surface area is 159 Å². The summed E-state index contributed by atoms with van der Waals surface area (Å²) in [6, 6.07) is 16.1. The number of carbonyl (C=O) groups excluding carboxylic acids is 2. The first-order valence-corrected chi connectivity index (χ1v) is 9.99. The predicted octanol–water partition coefficient (Wildman–Crippen LogP) is 3.51. The van der Waals surface area contributed by atoms with Crippen LogP contribution in [0.5, 0.6) is 0 Å². The maximum absolute atomic E-state index is 13.4. The van der Waals surface area contributed by atoms with Crippen LogP contribution >= 0.6 is 0 Å². The van der Waals surface area contributed by atoms with E-state index < -0.39 is 0 Å². The molecule has 5 rings (SSSR count). The molecule has 1 saturated carbocycles. The third-order valence-electron chi connectivity index (χ3n) is 6.72. The SMILES string of the molecule is O=C1NCCc2ccc(C(=O)N3CC4CCCCC43c3ccccc3)cc21. The average molecular weight is 360 g/mol. The Morgan fingerprint density at radius 3 is 2.78 bits per heavy atom. The summed E-state index contributed by atoms with van der Waals surface area (Å²) in [5, 5.41) is 2.88. The van der Waals surface area contributed by atoms with Crippen molar-refractivity contribution in [1.29, 1.82) is 0 Å². The number of nitrogens with zero attached hydrogens (tertiary/aromatic N) is 1. The fourth-order valence-corrected chi connectivity index (χ4v) is 5.32. The van der Waals surface area contributed by atoms with Crippen LogP contribution in [-0.2, 0) is 12.0 Å². The van der Waals surface area contributed by atoms with Gasteiger partial charge < -0.3 is 10.2 Å². The van der Waals surface area contributed by atoms with Crippen molar-refractivity contribution in [3.8, 4) is 0 Å². The van der Waals surface area contributed by atoms with Gasteiger partial charge in [-0.2, -0.15) is 0 Å².